The van der Waals surface area contributed by atoms with E-state index in [0.29, 0.717) is 26.3 Å². The van der Waals surface area contributed by atoms with Gasteiger partial charge >= 0.3 is 0 Å². The van der Waals surface area contributed by atoms with Crippen molar-refractivity contribution < 1.29 is 22.7 Å². The van der Waals surface area contributed by atoms with Gasteiger partial charge in [0.25, 0.3) is 5.91 Å². The van der Waals surface area contributed by atoms with E-state index in [-0.39, 0.29) is 35.2 Å². The van der Waals surface area contributed by atoms with Crippen molar-refractivity contribution >= 4 is 15.9 Å². The molecule has 1 fully saturated rings. The third kappa shape index (κ3) is 4.91. The predicted molar refractivity (Wildman–Crippen MR) is 93.4 cm³/mol. The average Bonchev–Trinajstić information content (AvgIpc) is 2.65. The molecule has 2 rings (SSSR count). The number of nitrogens with one attached hydrogen (secondary N) is 2. The maximum Gasteiger partial charge on any atom is 0.251 e. The van der Waals surface area contributed by atoms with E-state index in [2.05, 4.69) is 10.6 Å². The molecule has 1 amide bonds. The van der Waals surface area contributed by atoms with Gasteiger partial charge in [0.2, 0.25) is 10.0 Å². The van der Waals surface area contributed by atoms with Gasteiger partial charge in [-0.1, -0.05) is 6.92 Å². The van der Waals surface area contributed by atoms with Gasteiger partial charge in [-0.3, -0.25) is 4.79 Å². The van der Waals surface area contributed by atoms with Crippen molar-refractivity contribution in [2.45, 2.75) is 11.8 Å². The molecule has 140 valence electrons. The highest BCUT2D eigenvalue weighted by atomic mass is 32.2. The van der Waals surface area contributed by atoms with Crippen molar-refractivity contribution in [1.82, 2.24) is 14.9 Å². The summed E-state index contributed by atoms with van der Waals surface area (Å²) in [6, 6.07) is 4.43. The van der Waals surface area contributed by atoms with Crippen molar-refractivity contribution in [2.75, 3.05) is 53.0 Å². The molecule has 0 spiro atoms. The average molecular weight is 371 g/mol. The molecular formula is C16H25N3O5S. The van der Waals surface area contributed by atoms with Gasteiger partial charge in [0.15, 0.2) is 0 Å². The lowest BCUT2D eigenvalue weighted by atomic mass is 10.2. The Morgan fingerprint density at radius 1 is 1.28 bits per heavy atom. The first-order valence-electron chi connectivity index (χ1n) is 8.25. The zero-order valence-electron chi connectivity index (χ0n) is 14.6. The Hall–Kier alpha value is -1.68. The summed E-state index contributed by atoms with van der Waals surface area (Å²) in [5, 5.41) is 5.86. The summed E-state index contributed by atoms with van der Waals surface area (Å²) in [5.74, 6) is -0.102. The van der Waals surface area contributed by atoms with Crippen LogP contribution in [0, 0.1) is 0 Å². The molecule has 1 aromatic carbocycles. The smallest absolute Gasteiger partial charge is 0.251 e. The van der Waals surface area contributed by atoms with E-state index < -0.39 is 10.0 Å². The van der Waals surface area contributed by atoms with Crippen LogP contribution in [0.2, 0.25) is 0 Å². The maximum absolute atomic E-state index is 12.9. The van der Waals surface area contributed by atoms with Crippen LogP contribution in [0.25, 0.3) is 0 Å². The third-order valence-electron chi connectivity index (χ3n) is 3.85. The van der Waals surface area contributed by atoms with Crippen molar-refractivity contribution in [3.8, 4) is 5.75 Å². The molecule has 0 aromatic heterocycles. The number of carbonyl (C=O) groups is 1. The van der Waals surface area contributed by atoms with E-state index >= 15 is 0 Å². The molecule has 1 heterocycles. The van der Waals surface area contributed by atoms with Crippen LogP contribution in [0.1, 0.15) is 17.3 Å². The molecule has 0 bridgehead atoms. The number of carbonyl (C=O) groups excluding carboxylic acids is 1. The van der Waals surface area contributed by atoms with Gasteiger partial charge in [-0.2, -0.15) is 4.31 Å². The number of morpholine rings is 1. The summed E-state index contributed by atoms with van der Waals surface area (Å²) in [5.41, 5.74) is 0.282. The SMILES string of the molecule is CCNCCNC(=O)c1ccc(OC)c(S(=O)(=O)N2CCOCC2)c1. The second-order valence-electron chi connectivity index (χ2n) is 5.49. The largest absolute Gasteiger partial charge is 0.495 e. The third-order valence-corrected chi connectivity index (χ3v) is 5.77. The molecule has 8 nitrogen and oxygen atoms in total. The molecule has 2 N–H and O–H groups in total. The number of rotatable bonds is 8. The minimum absolute atomic E-state index is 0.00349. The lowest BCUT2D eigenvalue weighted by molar-refractivity contribution is 0.0729. The van der Waals surface area contributed by atoms with Crippen molar-refractivity contribution in [3.05, 3.63) is 23.8 Å². The fourth-order valence-corrected chi connectivity index (χ4v) is 4.08. The fraction of sp³-hybridized carbons (Fsp3) is 0.562. The van der Waals surface area contributed by atoms with Crippen molar-refractivity contribution in [2.24, 2.45) is 0 Å². The van der Waals surface area contributed by atoms with Gasteiger partial charge < -0.3 is 20.1 Å². The van der Waals surface area contributed by atoms with E-state index in [1.807, 2.05) is 6.92 Å². The van der Waals surface area contributed by atoms with Crippen molar-refractivity contribution in [3.63, 3.8) is 0 Å². The lowest BCUT2D eigenvalue weighted by Gasteiger charge is -2.26. The number of ether oxygens (including phenoxy) is 2. The summed E-state index contributed by atoms with van der Waals surface area (Å²) in [6.45, 7) is 5.18. The standard InChI is InChI=1S/C16H25N3O5S/c1-3-17-6-7-18-16(20)13-4-5-14(23-2)15(12-13)25(21,22)19-8-10-24-11-9-19/h4-5,12,17H,3,6-11H2,1-2H3,(H,18,20). The van der Waals surface area contributed by atoms with E-state index in [9.17, 15) is 13.2 Å². The van der Waals surface area contributed by atoms with Gasteiger partial charge in [-0.25, -0.2) is 8.42 Å². The van der Waals surface area contributed by atoms with Crippen LogP contribution in [-0.2, 0) is 14.8 Å². The second kappa shape index (κ2) is 9.14. The molecular weight excluding hydrogens is 346 g/mol. The molecule has 0 aliphatic carbocycles. The second-order valence-corrected chi connectivity index (χ2v) is 7.40. The number of sulfonamides is 1. The van der Waals surface area contributed by atoms with Crippen molar-refractivity contribution in [1.29, 1.82) is 0 Å². The van der Waals surface area contributed by atoms with Gasteiger partial charge in [0.1, 0.15) is 10.6 Å². The topological polar surface area (TPSA) is 97.0 Å². The Labute approximate surface area is 148 Å². The Bertz CT molecular complexity index is 687. The zero-order valence-corrected chi connectivity index (χ0v) is 15.4. The van der Waals surface area contributed by atoms with Crippen LogP contribution < -0.4 is 15.4 Å². The van der Waals surface area contributed by atoms with Crippen LogP contribution in [0.5, 0.6) is 5.75 Å². The quantitative estimate of drug-likeness (QED) is 0.627. The normalized spacial score (nSPS) is 15.8. The first kappa shape index (κ1) is 19.6. The predicted octanol–water partition coefficient (Wildman–Crippen LogP) is 0.0554. The minimum atomic E-state index is -3.75. The highest BCUT2D eigenvalue weighted by molar-refractivity contribution is 7.89. The summed E-state index contributed by atoms with van der Waals surface area (Å²) >= 11 is 0. The lowest BCUT2D eigenvalue weighted by Crippen LogP contribution is -2.40. The number of methoxy groups -OCH3 is 1. The zero-order chi connectivity index (χ0) is 18.3. The van der Waals surface area contributed by atoms with E-state index in [4.69, 9.17) is 9.47 Å². The van der Waals surface area contributed by atoms with Crippen LogP contribution in [-0.4, -0.2) is 71.7 Å². The summed E-state index contributed by atoms with van der Waals surface area (Å²) in [6.07, 6.45) is 0. The number of nitrogens with zero attached hydrogens (tertiary/aromatic N) is 1. The summed E-state index contributed by atoms with van der Waals surface area (Å²) in [4.78, 5) is 12.3. The van der Waals surface area contributed by atoms with Crippen LogP contribution in [0.3, 0.4) is 0 Å². The van der Waals surface area contributed by atoms with Crippen LogP contribution in [0.15, 0.2) is 23.1 Å². The molecule has 1 saturated heterocycles. The van der Waals surface area contributed by atoms with E-state index in [1.165, 1.54) is 23.5 Å². The molecule has 0 radical (unpaired) electrons. The Morgan fingerprint density at radius 2 is 2.00 bits per heavy atom. The minimum Gasteiger partial charge on any atom is -0.495 e. The highest BCUT2D eigenvalue weighted by Crippen LogP contribution is 2.28. The van der Waals surface area contributed by atoms with Gasteiger partial charge in [-0.15, -0.1) is 0 Å². The van der Waals surface area contributed by atoms with Gasteiger partial charge in [0, 0.05) is 31.7 Å². The van der Waals surface area contributed by atoms with E-state index in [0.717, 1.165) is 6.54 Å². The van der Waals surface area contributed by atoms with Gasteiger partial charge in [-0.05, 0) is 24.7 Å². The molecule has 0 unspecified atom stereocenters. The highest BCUT2D eigenvalue weighted by Gasteiger charge is 2.30. The molecule has 1 aromatic rings. The number of hydrogen-bond donors (Lipinski definition) is 2. The monoisotopic (exact) mass is 371 g/mol. The Morgan fingerprint density at radius 3 is 2.64 bits per heavy atom. The number of likely N-dealkylation sites (N-methyl/N-ethyl adjacent to an activating group) is 1. The van der Waals surface area contributed by atoms with Gasteiger partial charge in [0.05, 0.1) is 20.3 Å². The summed E-state index contributed by atoms with van der Waals surface area (Å²) in [7, 11) is -2.35. The Kier molecular flexibility index (Phi) is 7.18. The molecule has 0 atom stereocenters. The number of amides is 1. The molecule has 25 heavy (non-hydrogen) atoms. The molecule has 1 aliphatic heterocycles. The molecule has 9 heteroatoms. The molecule has 1 aliphatic rings. The fourth-order valence-electron chi connectivity index (χ4n) is 2.49. The first-order valence-corrected chi connectivity index (χ1v) is 9.69. The van der Waals surface area contributed by atoms with E-state index in [1.54, 1.807) is 6.07 Å². The number of hydrogen-bond acceptors (Lipinski definition) is 6. The first-order chi connectivity index (χ1) is 12.0. The Balaban J connectivity index is 2.23. The maximum atomic E-state index is 12.9. The van der Waals surface area contributed by atoms with Crippen LogP contribution >= 0.6 is 0 Å². The number of benzene rings is 1. The summed E-state index contributed by atoms with van der Waals surface area (Å²) < 4.78 is 37.5. The molecule has 0 saturated carbocycles. The van der Waals surface area contributed by atoms with Crippen LogP contribution in [0.4, 0.5) is 0 Å².